The minimum absolute atomic E-state index is 0.0151. The van der Waals surface area contributed by atoms with Gasteiger partial charge in [-0.15, -0.1) is 0 Å². The van der Waals surface area contributed by atoms with Crippen LogP contribution < -0.4 is 4.90 Å². The van der Waals surface area contributed by atoms with Crippen LogP contribution in [0.25, 0.3) is 10.8 Å². The van der Waals surface area contributed by atoms with Crippen LogP contribution in [0.4, 0.5) is 10.5 Å². The molecule has 8 nitrogen and oxygen atoms in total. The second-order valence-electron chi connectivity index (χ2n) is 8.06. The monoisotopic (exact) mass is 389 g/mol. The van der Waals surface area contributed by atoms with Crippen LogP contribution in [0.1, 0.15) is 26.0 Å². The Bertz CT molecular complexity index is 1120. The average Bonchev–Trinajstić information content (AvgIpc) is 3.38. The van der Waals surface area contributed by atoms with Crippen LogP contribution in [0.2, 0.25) is 0 Å². The van der Waals surface area contributed by atoms with Crippen LogP contribution in [0.5, 0.6) is 0 Å². The smallest absolute Gasteiger partial charge is 0.332 e. The second-order valence-corrected chi connectivity index (χ2v) is 8.06. The minimum Gasteiger partial charge on any atom is -0.335 e. The highest BCUT2D eigenvalue weighted by Gasteiger charge is 2.63. The highest BCUT2D eigenvalue weighted by Crippen LogP contribution is 2.43. The quantitative estimate of drug-likeness (QED) is 0.731. The van der Waals surface area contributed by atoms with Gasteiger partial charge in [0.2, 0.25) is 5.91 Å². The fourth-order valence-electron chi connectivity index (χ4n) is 4.91. The number of fused-ring (bicyclic) bond motifs is 6. The lowest BCUT2D eigenvalue weighted by Crippen LogP contribution is -2.55. The average molecular weight is 389 g/mol. The third-order valence-corrected chi connectivity index (χ3v) is 6.16. The van der Waals surface area contributed by atoms with Gasteiger partial charge >= 0.3 is 6.03 Å². The first-order valence-electron chi connectivity index (χ1n) is 9.68. The summed E-state index contributed by atoms with van der Waals surface area (Å²) in [5.41, 5.74) is 0.628. The molecule has 3 aliphatic heterocycles. The number of rotatable bonds is 2. The van der Waals surface area contributed by atoms with Crippen LogP contribution in [0, 0.1) is 17.2 Å². The fraction of sp³-hybridized carbons (Fsp3) is 0.381. The third kappa shape index (κ3) is 2.24. The molecule has 8 heteroatoms. The Morgan fingerprint density at radius 2 is 1.97 bits per heavy atom. The molecule has 1 aromatic carbocycles. The molecule has 5 rings (SSSR count). The van der Waals surface area contributed by atoms with E-state index in [1.165, 1.54) is 11.1 Å². The lowest BCUT2D eigenvalue weighted by atomic mass is 10.1. The summed E-state index contributed by atoms with van der Waals surface area (Å²) in [7, 11) is 0. The largest absolute Gasteiger partial charge is 0.335 e. The van der Waals surface area contributed by atoms with Gasteiger partial charge in [0.05, 0.1) is 24.0 Å². The molecule has 0 saturated carbocycles. The molecule has 1 unspecified atom stereocenters. The summed E-state index contributed by atoms with van der Waals surface area (Å²) in [6.07, 6.45) is 2.05. The number of pyridine rings is 1. The number of nitrogens with zero attached hydrogens (tertiary/aromatic N) is 5. The van der Waals surface area contributed by atoms with Crippen molar-refractivity contribution in [2.75, 3.05) is 11.4 Å². The van der Waals surface area contributed by atoms with E-state index in [9.17, 15) is 19.6 Å². The number of benzene rings is 1. The summed E-state index contributed by atoms with van der Waals surface area (Å²) in [4.78, 5) is 47.9. The number of nitriles is 1. The lowest BCUT2D eigenvalue weighted by molar-refractivity contribution is -0.138. The molecule has 2 aromatic rings. The summed E-state index contributed by atoms with van der Waals surface area (Å²) >= 11 is 0. The summed E-state index contributed by atoms with van der Waals surface area (Å²) in [6.45, 7) is 4.15. The number of carbonyl (C=O) groups is 3. The second kappa shape index (κ2) is 6.01. The molecule has 146 valence electrons. The van der Waals surface area contributed by atoms with Crippen LogP contribution in [0.3, 0.4) is 0 Å². The summed E-state index contributed by atoms with van der Waals surface area (Å²) in [6, 6.07) is 7.71. The van der Waals surface area contributed by atoms with Crippen molar-refractivity contribution in [3.63, 3.8) is 0 Å². The molecular weight excluding hydrogens is 370 g/mol. The van der Waals surface area contributed by atoms with Gasteiger partial charge in [-0.1, -0.05) is 38.1 Å². The molecule has 0 spiro atoms. The zero-order valence-electron chi connectivity index (χ0n) is 16.1. The van der Waals surface area contributed by atoms with Gasteiger partial charge in [0.25, 0.3) is 5.91 Å². The van der Waals surface area contributed by atoms with Gasteiger partial charge in [0.15, 0.2) is 0 Å². The number of imide groups is 1. The van der Waals surface area contributed by atoms with Crippen molar-refractivity contribution in [1.29, 1.82) is 5.26 Å². The zero-order valence-corrected chi connectivity index (χ0v) is 16.1. The van der Waals surface area contributed by atoms with E-state index in [4.69, 9.17) is 0 Å². The highest BCUT2D eigenvalue weighted by atomic mass is 16.2. The molecular formula is C21H19N5O3. The zero-order chi connectivity index (χ0) is 20.4. The Kier molecular flexibility index (Phi) is 3.65. The molecule has 4 heterocycles. The molecule has 3 saturated heterocycles. The van der Waals surface area contributed by atoms with Gasteiger partial charge in [-0.2, -0.15) is 5.26 Å². The SMILES string of the molecule is CC(C)C(=O)N1C[C@H]2CC1[C@@H]1C(=O)N(c3cnc(C#N)c4ccccc34)C(=O)N21. The van der Waals surface area contributed by atoms with Crippen molar-refractivity contribution >= 4 is 34.3 Å². The molecule has 3 fully saturated rings. The molecule has 2 bridgehead atoms. The summed E-state index contributed by atoms with van der Waals surface area (Å²) in [5.74, 6) is -0.473. The number of hydrogen-bond acceptors (Lipinski definition) is 5. The van der Waals surface area contributed by atoms with Crippen LogP contribution in [0.15, 0.2) is 30.5 Å². The van der Waals surface area contributed by atoms with Gasteiger partial charge in [0.1, 0.15) is 17.8 Å². The molecule has 0 radical (unpaired) electrons. The Hall–Kier alpha value is -3.47. The standard InChI is InChI=1S/C21H19N5O3/c1-11(2)19(27)24-10-12-7-16(24)18-20(28)26(21(29)25(12)18)17-9-23-15(8-22)13-5-3-4-6-14(13)17/h3-6,9,11-12,16,18H,7,10H2,1-2H3/t12-,16?,18-/m1/s1. The summed E-state index contributed by atoms with van der Waals surface area (Å²) in [5, 5.41) is 10.6. The molecule has 3 atom stereocenters. The van der Waals surface area contributed by atoms with Gasteiger partial charge in [-0.3, -0.25) is 9.59 Å². The maximum Gasteiger partial charge on any atom is 0.332 e. The predicted molar refractivity (Wildman–Crippen MR) is 104 cm³/mol. The Labute approximate surface area is 167 Å². The number of anilines is 1. The maximum absolute atomic E-state index is 13.4. The van der Waals surface area contributed by atoms with Gasteiger partial charge in [-0.05, 0) is 6.42 Å². The van der Waals surface area contributed by atoms with E-state index in [1.807, 2.05) is 19.9 Å². The number of hydrogen-bond donors (Lipinski definition) is 0. The number of urea groups is 1. The van der Waals surface area contributed by atoms with E-state index in [2.05, 4.69) is 4.98 Å². The first kappa shape index (κ1) is 17.6. The Morgan fingerprint density at radius 1 is 1.24 bits per heavy atom. The van der Waals surface area contributed by atoms with E-state index in [0.29, 0.717) is 29.4 Å². The third-order valence-electron chi connectivity index (χ3n) is 6.16. The van der Waals surface area contributed by atoms with Crippen molar-refractivity contribution in [1.82, 2.24) is 14.8 Å². The maximum atomic E-state index is 13.4. The van der Waals surface area contributed by atoms with Crippen molar-refractivity contribution < 1.29 is 14.4 Å². The first-order chi connectivity index (χ1) is 13.9. The van der Waals surface area contributed by atoms with Gasteiger partial charge in [0, 0.05) is 23.2 Å². The molecule has 0 aliphatic carbocycles. The normalized spacial score (nSPS) is 25.3. The Morgan fingerprint density at radius 3 is 2.66 bits per heavy atom. The number of amides is 4. The van der Waals surface area contributed by atoms with Crippen molar-refractivity contribution in [3.05, 3.63) is 36.2 Å². The van der Waals surface area contributed by atoms with Crippen molar-refractivity contribution in [2.24, 2.45) is 5.92 Å². The fourth-order valence-corrected chi connectivity index (χ4v) is 4.91. The van der Waals surface area contributed by atoms with E-state index in [0.717, 1.165) is 0 Å². The molecule has 1 aromatic heterocycles. The van der Waals surface area contributed by atoms with Gasteiger partial charge < -0.3 is 9.80 Å². The topological polar surface area (TPSA) is 97.6 Å². The number of aromatic nitrogens is 1. The van der Waals surface area contributed by atoms with Crippen LogP contribution >= 0.6 is 0 Å². The first-order valence-corrected chi connectivity index (χ1v) is 9.68. The summed E-state index contributed by atoms with van der Waals surface area (Å²) < 4.78 is 0. The van der Waals surface area contributed by atoms with E-state index in [-0.39, 0.29) is 41.5 Å². The van der Waals surface area contributed by atoms with Gasteiger partial charge in [-0.25, -0.2) is 14.7 Å². The molecule has 4 amide bonds. The highest BCUT2D eigenvalue weighted by molar-refractivity contribution is 6.25. The molecule has 3 aliphatic rings. The minimum atomic E-state index is -0.654. The molecule has 29 heavy (non-hydrogen) atoms. The number of carbonyl (C=O) groups excluding carboxylic acids is 3. The van der Waals surface area contributed by atoms with Crippen molar-refractivity contribution in [3.8, 4) is 6.07 Å². The van der Waals surface area contributed by atoms with Crippen LogP contribution in [-0.2, 0) is 9.59 Å². The molecule has 0 N–H and O–H groups in total. The Balaban J connectivity index is 1.57. The lowest BCUT2D eigenvalue weighted by Gasteiger charge is -2.35. The van der Waals surface area contributed by atoms with Crippen LogP contribution in [-0.4, -0.2) is 57.3 Å². The number of piperazine rings is 1. The van der Waals surface area contributed by atoms with E-state index >= 15 is 0 Å². The number of likely N-dealkylation sites (tertiary alicyclic amines) is 1. The predicted octanol–water partition coefficient (Wildman–Crippen LogP) is 1.88. The van der Waals surface area contributed by atoms with E-state index < -0.39 is 6.04 Å². The van der Waals surface area contributed by atoms with E-state index in [1.54, 1.807) is 34.1 Å². The van der Waals surface area contributed by atoms with Crippen molar-refractivity contribution in [2.45, 2.75) is 38.4 Å².